The molecule has 0 saturated carbocycles. The fraction of sp³-hybridized carbons (Fsp3) is 0.737. The number of nitrogens with zero attached hydrogens (tertiary/aromatic N) is 2. The lowest BCUT2D eigenvalue weighted by Gasteiger charge is -2.50. The molecule has 6 heteroatoms. The van der Waals surface area contributed by atoms with E-state index in [-0.39, 0.29) is 24.0 Å². The summed E-state index contributed by atoms with van der Waals surface area (Å²) >= 11 is 1.88. The van der Waals surface area contributed by atoms with E-state index in [1.807, 2.05) is 11.3 Å². The molecule has 2 unspecified atom stereocenters. The van der Waals surface area contributed by atoms with Gasteiger partial charge in [0.2, 0.25) is 5.91 Å². The third kappa shape index (κ3) is 4.61. The lowest BCUT2D eigenvalue weighted by Crippen LogP contribution is -2.56. The van der Waals surface area contributed by atoms with Crippen LogP contribution in [0, 0.1) is 12.3 Å². The Bertz CT molecular complexity index is 589. The Labute approximate surface area is 154 Å². The summed E-state index contributed by atoms with van der Waals surface area (Å²) in [6, 6.07) is 4.44. The van der Waals surface area contributed by atoms with Crippen molar-refractivity contribution in [2.75, 3.05) is 47.0 Å². The summed E-state index contributed by atoms with van der Waals surface area (Å²) in [5.74, 6) is 0.0198. The molecule has 0 N–H and O–H groups in total. The number of carbonyl (C=O) groups excluding carboxylic acids is 1. The van der Waals surface area contributed by atoms with Crippen molar-refractivity contribution in [1.29, 1.82) is 0 Å². The van der Waals surface area contributed by atoms with Crippen molar-refractivity contribution in [2.45, 2.75) is 38.8 Å². The molecule has 5 nitrogen and oxygen atoms in total. The van der Waals surface area contributed by atoms with Crippen LogP contribution in [0.5, 0.6) is 0 Å². The summed E-state index contributed by atoms with van der Waals surface area (Å²) in [7, 11) is 3.53. The summed E-state index contributed by atoms with van der Waals surface area (Å²) < 4.78 is 12.0. The number of hydrogen-bond acceptors (Lipinski definition) is 5. The average molecular weight is 367 g/mol. The molecule has 0 aliphatic carbocycles. The fourth-order valence-electron chi connectivity index (χ4n) is 3.99. The summed E-state index contributed by atoms with van der Waals surface area (Å²) in [5, 5.41) is 0. The summed E-state index contributed by atoms with van der Waals surface area (Å²) in [4.78, 5) is 18.7. The van der Waals surface area contributed by atoms with Crippen LogP contribution in [0.2, 0.25) is 0 Å². The van der Waals surface area contributed by atoms with E-state index in [0.29, 0.717) is 6.61 Å². The first-order valence-corrected chi connectivity index (χ1v) is 9.97. The van der Waals surface area contributed by atoms with Crippen LogP contribution in [0.4, 0.5) is 0 Å². The maximum atomic E-state index is 11.8. The molecule has 140 valence electrons. The number of hydrogen-bond donors (Lipinski definition) is 0. The van der Waals surface area contributed by atoms with E-state index in [1.54, 1.807) is 19.0 Å². The lowest BCUT2D eigenvalue weighted by atomic mass is 9.73. The number of fused-ring (bicyclic) bond motifs is 1. The van der Waals surface area contributed by atoms with Crippen LogP contribution >= 0.6 is 11.3 Å². The van der Waals surface area contributed by atoms with Gasteiger partial charge >= 0.3 is 0 Å². The number of piperidine rings is 1. The van der Waals surface area contributed by atoms with Crippen LogP contribution in [-0.4, -0.2) is 68.8 Å². The molecule has 2 atom stereocenters. The van der Waals surface area contributed by atoms with Gasteiger partial charge in [-0.2, -0.15) is 0 Å². The molecule has 0 aromatic carbocycles. The van der Waals surface area contributed by atoms with Crippen molar-refractivity contribution in [3.8, 4) is 0 Å². The Morgan fingerprint density at radius 1 is 1.48 bits per heavy atom. The Morgan fingerprint density at radius 2 is 2.32 bits per heavy atom. The normalized spacial score (nSPS) is 27.1. The Hall–Kier alpha value is -0.950. The number of likely N-dealkylation sites (tertiary alicyclic amines) is 1. The SMILES string of the molecule is Cc1ccc(CN2CCC3OCCCC3(COCC(=O)N(C)C)C2)s1. The van der Waals surface area contributed by atoms with Crippen LogP contribution in [0.1, 0.15) is 29.0 Å². The Kier molecular flexibility index (Phi) is 6.15. The van der Waals surface area contributed by atoms with Gasteiger partial charge in [0.15, 0.2) is 0 Å². The molecule has 2 aliphatic heterocycles. The van der Waals surface area contributed by atoms with Gasteiger partial charge in [-0.15, -0.1) is 11.3 Å². The standard InChI is InChI=1S/C19H30N2O3S/c1-15-5-6-16(25-15)11-21-9-7-17-19(13-21,8-4-10-24-17)14-23-12-18(22)20(2)3/h5-6,17H,4,7-14H2,1-3H3. The minimum atomic E-state index is 0.0198. The number of aryl methyl sites for hydroxylation is 1. The molecular formula is C19H30N2O3S. The van der Waals surface area contributed by atoms with E-state index >= 15 is 0 Å². The number of ether oxygens (including phenoxy) is 2. The van der Waals surface area contributed by atoms with Gasteiger partial charge in [0.25, 0.3) is 0 Å². The number of carbonyl (C=O) groups is 1. The van der Waals surface area contributed by atoms with Gasteiger partial charge in [-0.25, -0.2) is 0 Å². The van der Waals surface area contributed by atoms with Crippen LogP contribution in [0.25, 0.3) is 0 Å². The highest BCUT2D eigenvalue weighted by Crippen LogP contribution is 2.41. The second-order valence-corrected chi connectivity index (χ2v) is 8.99. The highest BCUT2D eigenvalue weighted by Gasteiger charge is 2.46. The Balaban J connectivity index is 1.62. The van der Waals surface area contributed by atoms with Gasteiger partial charge in [-0.1, -0.05) is 0 Å². The zero-order chi connectivity index (χ0) is 17.9. The van der Waals surface area contributed by atoms with Crippen LogP contribution in [0.15, 0.2) is 12.1 Å². The van der Waals surface area contributed by atoms with E-state index in [1.165, 1.54) is 9.75 Å². The molecule has 3 rings (SSSR count). The largest absolute Gasteiger partial charge is 0.377 e. The molecule has 0 spiro atoms. The average Bonchev–Trinajstić information content (AvgIpc) is 2.99. The molecule has 3 heterocycles. The number of amides is 1. The zero-order valence-electron chi connectivity index (χ0n) is 15.6. The summed E-state index contributed by atoms with van der Waals surface area (Å²) in [5.41, 5.74) is 0.0232. The molecule has 1 aromatic rings. The van der Waals surface area contributed by atoms with E-state index in [9.17, 15) is 4.79 Å². The van der Waals surface area contributed by atoms with Crippen molar-refractivity contribution in [1.82, 2.24) is 9.80 Å². The van der Waals surface area contributed by atoms with Gasteiger partial charge in [-0.3, -0.25) is 9.69 Å². The van der Waals surface area contributed by atoms with Crippen LogP contribution < -0.4 is 0 Å². The predicted octanol–water partition coefficient (Wildman–Crippen LogP) is 2.53. The molecule has 0 radical (unpaired) electrons. The van der Waals surface area contributed by atoms with Crippen LogP contribution in [0.3, 0.4) is 0 Å². The van der Waals surface area contributed by atoms with E-state index in [0.717, 1.165) is 45.5 Å². The Morgan fingerprint density at radius 3 is 3.04 bits per heavy atom. The quantitative estimate of drug-likeness (QED) is 0.776. The minimum Gasteiger partial charge on any atom is -0.377 e. The van der Waals surface area contributed by atoms with E-state index < -0.39 is 0 Å². The maximum Gasteiger partial charge on any atom is 0.248 e. The van der Waals surface area contributed by atoms with Crippen molar-refractivity contribution in [2.24, 2.45) is 5.41 Å². The number of thiophene rings is 1. The first-order valence-electron chi connectivity index (χ1n) is 9.16. The third-order valence-electron chi connectivity index (χ3n) is 5.36. The zero-order valence-corrected chi connectivity index (χ0v) is 16.4. The lowest BCUT2D eigenvalue weighted by molar-refractivity contribution is -0.160. The van der Waals surface area contributed by atoms with Crippen molar-refractivity contribution in [3.63, 3.8) is 0 Å². The molecule has 0 bridgehead atoms. The van der Waals surface area contributed by atoms with Gasteiger partial charge < -0.3 is 14.4 Å². The second kappa shape index (κ2) is 8.16. The smallest absolute Gasteiger partial charge is 0.248 e. The second-order valence-electron chi connectivity index (χ2n) is 7.62. The van der Waals surface area contributed by atoms with Crippen molar-refractivity contribution < 1.29 is 14.3 Å². The van der Waals surface area contributed by atoms with E-state index in [4.69, 9.17) is 9.47 Å². The molecule has 2 aliphatic rings. The van der Waals surface area contributed by atoms with E-state index in [2.05, 4.69) is 24.0 Å². The highest BCUT2D eigenvalue weighted by atomic mass is 32.1. The van der Waals surface area contributed by atoms with Gasteiger partial charge in [0, 0.05) is 55.5 Å². The van der Waals surface area contributed by atoms with Gasteiger partial charge in [0.05, 0.1) is 12.7 Å². The monoisotopic (exact) mass is 366 g/mol. The topological polar surface area (TPSA) is 42.0 Å². The van der Waals surface area contributed by atoms with Crippen molar-refractivity contribution >= 4 is 17.2 Å². The summed E-state index contributed by atoms with van der Waals surface area (Å²) in [6.07, 6.45) is 3.51. The number of rotatable bonds is 6. The first-order chi connectivity index (χ1) is 12.0. The van der Waals surface area contributed by atoms with Crippen LogP contribution in [-0.2, 0) is 20.8 Å². The molecule has 1 amide bonds. The molecule has 1 aromatic heterocycles. The molecule has 25 heavy (non-hydrogen) atoms. The maximum absolute atomic E-state index is 11.8. The third-order valence-corrected chi connectivity index (χ3v) is 6.34. The van der Waals surface area contributed by atoms with Gasteiger partial charge in [0.1, 0.15) is 6.61 Å². The summed E-state index contributed by atoms with van der Waals surface area (Å²) in [6.45, 7) is 6.84. The molecular weight excluding hydrogens is 336 g/mol. The predicted molar refractivity (Wildman–Crippen MR) is 99.9 cm³/mol. The first kappa shape index (κ1) is 18.8. The fourth-order valence-corrected chi connectivity index (χ4v) is 4.92. The van der Waals surface area contributed by atoms with Gasteiger partial charge in [-0.05, 0) is 38.3 Å². The number of likely N-dealkylation sites (N-methyl/N-ethyl adjacent to an activating group) is 1. The molecule has 2 saturated heterocycles. The highest BCUT2D eigenvalue weighted by molar-refractivity contribution is 7.11. The minimum absolute atomic E-state index is 0.0198. The molecule has 2 fully saturated rings. The van der Waals surface area contributed by atoms with Crippen molar-refractivity contribution in [3.05, 3.63) is 21.9 Å².